The molecule has 0 aromatic heterocycles. The summed E-state index contributed by atoms with van der Waals surface area (Å²) in [4.78, 5) is 0. The van der Waals surface area contributed by atoms with Gasteiger partial charge in [0.15, 0.2) is 11.6 Å². The summed E-state index contributed by atoms with van der Waals surface area (Å²) in [6, 6.07) is 2.49. The number of aryl methyl sites for hydroxylation is 1. The number of rotatable bonds is 4. The standard InChI is InChI=1S/C13H17F2NO/c1-7-3-6-9(11(15)10(7)14)12(16)13(17-2)8-4-5-8/h3,6,8,12-13H,4-5,16H2,1-2H3. The molecular weight excluding hydrogens is 224 g/mol. The Kier molecular flexibility index (Phi) is 3.45. The van der Waals surface area contributed by atoms with Gasteiger partial charge in [0.25, 0.3) is 0 Å². The molecule has 4 heteroatoms. The normalized spacial score (nSPS) is 19.1. The molecule has 17 heavy (non-hydrogen) atoms. The minimum Gasteiger partial charge on any atom is -0.379 e. The van der Waals surface area contributed by atoms with E-state index < -0.39 is 17.7 Å². The number of ether oxygens (including phenoxy) is 1. The zero-order chi connectivity index (χ0) is 12.6. The first-order chi connectivity index (χ1) is 8.06. The van der Waals surface area contributed by atoms with Gasteiger partial charge in [-0.3, -0.25) is 0 Å². The summed E-state index contributed by atoms with van der Waals surface area (Å²) in [7, 11) is 1.56. The van der Waals surface area contributed by atoms with Crippen molar-refractivity contribution < 1.29 is 13.5 Å². The largest absolute Gasteiger partial charge is 0.379 e. The van der Waals surface area contributed by atoms with Crippen molar-refractivity contribution in [3.8, 4) is 0 Å². The molecule has 1 fully saturated rings. The van der Waals surface area contributed by atoms with Crippen LogP contribution in [0.25, 0.3) is 0 Å². The highest BCUT2D eigenvalue weighted by Crippen LogP contribution is 2.39. The molecule has 2 nitrogen and oxygen atoms in total. The van der Waals surface area contributed by atoms with Crippen LogP contribution >= 0.6 is 0 Å². The van der Waals surface area contributed by atoms with Crippen LogP contribution in [0, 0.1) is 24.5 Å². The van der Waals surface area contributed by atoms with Gasteiger partial charge >= 0.3 is 0 Å². The van der Waals surface area contributed by atoms with E-state index in [1.807, 2.05) is 0 Å². The second-order valence-electron chi connectivity index (χ2n) is 4.66. The molecule has 2 rings (SSSR count). The summed E-state index contributed by atoms with van der Waals surface area (Å²) in [5.74, 6) is -1.29. The maximum Gasteiger partial charge on any atom is 0.163 e. The monoisotopic (exact) mass is 241 g/mol. The molecule has 1 saturated carbocycles. The third-order valence-corrected chi connectivity index (χ3v) is 3.38. The van der Waals surface area contributed by atoms with Gasteiger partial charge in [-0.2, -0.15) is 0 Å². The number of halogens is 2. The molecule has 94 valence electrons. The first kappa shape index (κ1) is 12.5. The van der Waals surface area contributed by atoms with Gasteiger partial charge in [0, 0.05) is 12.7 Å². The topological polar surface area (TPSA) is 35.2 Å². The van der Waals surface area contributed by atoms with Crippen LogP contribution in [0.15, 0.2) is 12.1 Å². The Morgan fingerprint density at radius 1 is 1.29 bits per heavy atom. The first-order valence-electron chi connectivity index (χ1n) is 5.79. The lowest BCUT2D eigenvalue weighted by Crippen LogP contribution is -2.31. The van der Waals surface area contributed by atoms with Gasteiger partial charge in [0.2, 0.25) is 0 Å². The Balaban J connectivity index is 2.29. The summed E-state index contributed by atoms with van der Waals surface area (Å²) in [6.45, 7) is 1.53. The third kappa shape index (κ3) is 2.33. The van der Waals surface area contributed by atoms with E-state index in [1.54, 1.807) is 19.2 Å². The summed E-state index contributed by atoms with van der Waals surface area (Å²) in [6.07, 6.45) is 1.86. The zero-order valence-electron chi connectivity index (χ0n) is 10.0. The van der Waals surface area contributed by atoms with Crippen molar-refractivity contribution in [1.82, 2.24) is 0 Å². The van der Waals surface area contributed by atoms with Crippen molar-refractivity contribution in [2.24, 2.45) is 11.7 Å². The van der Waals surface area contributed by atoms with Crippen LogP contribution in [0.5, 0.6) is 0 Å². The predicted octanol–water partition coefficient (Wildman–Crippen LogP) is 2.70. The fourth-order valence-electron chi connectivity index (χ4n) is 2.15. The van der Waals surface area contributed by atoms with Crippen molar-refractivity contribution in [2.45, 2.75) is 31.9 Å². The van der Waals surface area contributed by atoms with E-state index in [0.29, 0.717) is 11.5 Å². The van der Waals surface area contributed by atoms with Crippen LogP contribution < -0.4 is 5.73 Å². The van der Waals surface area contributed by atoms with Crippen molar-refractivity contribution in [3.05, 3.63) is 34.9 Å². The SMILES string of the molecule is COC(C1CC1)C(N)c1ccc(C)c(F)c1F. The van der Waals surface area contributed by atoms with Crippen molar-refractivity contribution >= 4 is 0 Å². The van der Waals surface area contributed by atoms with E-state index in [2.05, 4.69) is 0 Å². The molecular formula is C13H17F2NO. The highest BCUT2D eigenvalue weighted by atomic mass is 19.2. The zero-order valence-corrected chi connectivity index (χ0v) is 10.0. The highest BCUT2D eigenvalue weighted by molar-refractivity contribution is 5.28. The molecule has 1 aliphatic carbocycles. The molecule has 0 radical (unpaired) electrons. The molecule has 1 aromatic carbocycles. The Morgan fingerprint density at radius 2 is 1.94 bits per heavy atom. The van der Waals surface area contributed by atoms with Gasteiger partial charge in [-0.1, -0.05) is 12.1 Å². The summed E-state index contributed by atoms with van der Waals surface area (Å²) < 4.78 is 32.5. The van der Waals surface area contributed by atoms with Crippen LogP contribution in [0.4, 0.5) is 8.78 Å². The van der Waals surface area contributed by atoms with E-state index in [9.17, 15) is 8.78 Å². The lowest BCUT2D eigenvalue weighted by Gasteiger charge is -2.23. The average molecular weight is 241 g/mol. The number of nitrogens with two attached hydrogens (primary N) is 1. The van der Waals surface area contributed by atoms with E-state index in [0.717, 1.165) is 12.8 Å². The van der Waals surface area contributed by atoms with Crippen molar-refractivity contribution in [1.29, 1.82) is 0 Å². The molecule has 0 amide bonds. The van der Waals surface area contributed by atoms with Gasteiger partial charge in [-0.15, -0.1) is 0 Å². The van der Waals surface area contributed by atoms with Crippen LogP contribution in [0.2, 0.25) is 0 Å². The maximum absolute atomic E-state index is 13.8. The first-order valence-corrected chi connectivity index (χ1v) is 5.79. The Morgan fingerprint density at radius 3 is 2.47 bits per heavy atom. The van der Waals surface area contributed by atoms with E-state index in [1.165, 1.54) is 6.92 Å². The van der Waals surface area contributed by atoms with Crippen molar-refractivity contribution in [3.63, 3.8) is 0 Å². The van der Waals surface area contributed by atoms with E-state index in [-0.39, 0.29) is 11.7 Å². The van der Waals surface area contributed by atoms with Gasteiger partial charge in [0.1, 0.15) is 0 Å². The smallest absolute Gasteiger partial charge is 0.163 e. The van der Waals surface area contributed by atoms with Crippen LogP contribution in [0.1, 0.15) is 30.0 Å². The van der Waals surface area contributed by atoms with E-state index >= 15 is 0 Å². The molecule has 0 heterocycles. The lowest BCUT2D eigenvalue weighted by atomic mass is 9.97. The fraction of sp³-hybridized carbons (Fsp3) is 0.538. The number of methoxy groups -OCH3 is 1. The highest BCUT2D eigenvalue weighted by Gasteiger charge is 2.37. The number of hydrogen-bond acceptors (Lipinski definition) is 2. The van der Waals surface area contributed by atoms with Crippen LogP contribution in [-0.2, 0) is 4.74 Å². The molecule has 2 atom stereocenters. The Hall–Kier alpha value is -1.00. The molecule has 1 aromatic rings. The van der Waals surface area contributed by atoms with Crippen molar-refractivity contribution in [2.75, 3.05) is 7.11 Å². The second kappa shape index (κ2) is 4.70. The number of hydrogen-bond donors (Lipinski definition) is 1. The Labute approximate surface area is 99.8 Å². The minimum absolute atomic E-state index is 0.201. The van der Waals surface area contributed by atoms with Gasteiger partial charge < -0.3 is 10.5 Å². The Bertz CT molecular complexity index is 418. The average Bonchev–Trinajstić information content (AvgIpc) is 3.11. The van der Waals surface area contributed by atoms with Gasteiger partial charge in [0.05, 0.1) is 12.1 Å². The number of benzene rings is 1. The minimum atomic E-state index is -0.847. The van der Waals surface area contributed by atoms with Crippen LogP contribution in [0.3, 0.4) is 0 Å². The molecule has 0 bridgehead atoms. The van der Waals surface area contributed by atoms with E-state index in [4.69, 9.17) is 10.5 Å². The summed E-state index contributed by atoms with van der Waals surface area (Å²) >= 11 is 0. The van der Waals surface area contributed by atoms with Gasteiger partial charge in [-0.25, -0.2) is 8.78 Å². The molecule has 2 N–H and O–H groups in total. The molecule has 0 spiro atoms. The predicted molar refractivity (Wildman–Crippen MR) is 61.5 cm³/mol. The molecule has 2 unspecified atom stereocenters. The molecule has 1 aliphatic rings. The molecule has 0 saturated heterocycles. The fourth-order valence-corrected chi connectivity index (χ4v) is 2.15. The third-order valence-electron chi connectivity index (χ3n) is 3.38. The summed E-state index contributed by atoms with van der Waals surface area (Å²) in [5, 5.41) is 0. The quantitative estimate of drug-likeness (QED) is 0.879. The van der Waals surface area contributed by atoms with Crippen LogP contribution in [-0.4, -0.2) is 13.2 Å². The lowest BCUT2D eigenvalue weighted by molar-refractivity contribution is 0.0612. The maximum atomic E-state index is 13.8. The molecule has 0 aliphatic heterocycles. The summed E-state index contributed by atoms with van der Waals surface area (Å²) in [5.41, 5.74) is 6.47. The second-order valence-corrected chi connectivity index (χ2v) is 4.66. The van der Waals surface area contributed by atoms with Gasteiger partial charge in [-0.05, 0) is 31.2 Å².